The largest absolute Gasteiger partial charge is 0.375 e. The van der Waals surface area contributed by atoms with Gasteiger partial charge < -0.3 is 5.32 Å². The summed E-state index contributed by atoms with van der Waals surface area (Å²) in [6.07, 6.45) is 2.38. The summed E-state index contributed by atoms with van der Waals surface area (Å²) in [5, 5.41) is 4.12. The highest BCUT2D eigenvalue weighted by Crippen LogP contribution is 2.43. The molecule has 1 aliphatic rings. The Labute approximate surface area is 123 Å². The van der Waals surface area contributed by atoms with Crippen LogP contribution in [0.25, 0.3) is 0 Å². The normalized spacial score (nSPS) is 15.9. The van der Waals surface area contributed by atoms with Crippen molar-refractivity contribution in [3.05, 3.63) is 64.4 Å². The second-order valence-electron chi connectivity index (χ2n) is 5.44. The molecule has 0 aliphatic heterocycles. The van der Waals surface area contributed by atoms with Crippen LogP contribution in [0.1, 0.15) is 30.0 Å². The van der Waals surface area contributed by atoms with Gasteiger partial charge >= 0.3 is 0 Å². The SMILES string of the molecule is Cc1cccc(F)c1NC(c1ccc(Cl)cc1)C1CC1. The molecule has 2 aromatic carbocycles. The highest BCUT2D eigenvalue weighted by molar-refractivity contribution is 6.30. The summed E-state index contributed by atoms with van der Waals surface area (Å²) in [7, 11) is 0. The van der Waals surface area contributed by atoms with E-state index < -0.39 is 0 Å². The molecular formula is C17H17ClFN. The minimum absolute atomic E-state index is 0.155. The molecule has 3 heteroatoms. The maximum absolute atomic E-state index is 14.0. The average molecular weight is 290 g/mol. The number of anilines is 1. The van der Waals surface area contributed by atoms with Gasteiger partial charge in [-0.1, -0.05) is 35.9 Å². The molecule has 1 atom stereocenters. The van der Waals surface area contributed by atoms with Crippen LogP contribution in [0.3, 0.4) is 0 Å². The van der Waals surface area contributed by atoms with Crippen molar-refractivity contribution >= 4 is 17.3 Å². The zero-order valence-corrected chi connectivity index (χ0v) is 12.1. The zero-order chi connectivity index (χ0) is 14.1. The third kappa shape index (κ3) is 2.80. The molecule has 104 valence electrons. The van der Waals surface area contributed by atoms with E-state index >= 15 is 0 Å². The number of para-hydroxylation sites is 1. The lowest BCUT2D eigenvalue weighted by Crippen LogP contribution is -2.14. The second-order valence-corrected chi connectivity index (χ2v) is 5.88. The van der Waals surface area contributed by atoms with E-state index in [-0.39, 0.29) is 11.9 Å². The first-order valence-corrected chi connectivity index (χ1v) is 7.30. The van der Waals surface area contributed by atoms with Gasteiger partial charge in [-0.15, -0.1) is 0 Å². The maximum atomic E-state index is 14.0. The van der Waals surface area contributed by atoms with E-state index in [0.29, 0.717) is 11.6 Å². The van der Waals surface area contributed by atoms with Crippen LogP contribution in [0.4, 0.5) is 10.1 Å². The van der Waals surface area contributed by atoms with Gasteiger partial charge in [0.05, 0.1) is 11.7 Å². The van der Waals surface area contributed by atoms with Gasteiger partial charge in [-0.25, -0.2) is 4.39 Å². The van der Waals surface area contributed by atoms with Crippen molar-refractivity contribution < 1.29 is 4.39 Å². The third-order valence-corrected chi connectivity index (χ3v) is 4.10. The number of rotatable bonds is 4. The number of aryl methyl sites for hydroxylation is 1. The molecule has 0 bridgehead atoms. The van der Waals surface area contributed by atoms with E-state index in [1.54, 1.807) is 6.07 Å². The Morgan fingerprint density at radius 2 is 1.85 bits per heavy atom. The molecular weight excluding hydrogens is 273 g/mol. The lowest BCUT2D eigenvalue weighted by molar-refractivity contribution is 0.615. The van der Waals surface area contributed by atoms with Gasteiger partial charge in [0, 0.05) is 5.02 Å². The van der Waals surface area contributed by atoms with Crippen molar-refractivity contribution in [1.29, 1.82) is 0 Å². The minimum atomic E-state index is -0.190. The van der Waals surface area contributed by atoms with Crippen molar-refractivity contribution in [3.63, 3.8) is 0 Å². The van der Waals surface area contributed by atoms with Crippen molar-refractivity contribution in [2.24, 2.45) is 5.92 Å². The summed E-state index contributed by atoms with van der Waals surface area (Å²) in [6, 6.07) is 13.2. The Bertz CT molecular complexity index is 585. The van der Waals surface area contributed by atoms with Gasteiger partial charge in [0.25, 0.3) is 0 Å². The molecule has 3 rings (SSSR count). The van der Waals surface area contributed by atoms with E-state index in [0.717, 1.165) is 10.6 Å². The van der Waals surface area contributed by atoms with Crippen molar-refractivity contribution in [1.82, 2.24) is 0 Å². The lowest BCUT2D eigenvalue weighted by Gasteiger charge is -2.22. The summed E-state index contributed by atoms with van der Waals surface area (Å²) < 4.78 is 14.0. The van der Waals surface area contributed by atoms with Crippen LogP contribution in [-0.4, -0.2) is 0 Å². The minimum Gasteiger partial charge on any atom is -0.375 e. The van der Waals surface area contributed by atoms with Crippen molar-refractivity contribution in [2.45, 2.75) is 25.8 Å². The topological polar surface area (TPSA) is 12.0 Å². The van der Waals surface area contributed by atoms with Crippen LogP contribution < -0.4 is 5.32 Å². The number of halogens is 2. The molecule has 0 saturated heterocycles. The molecule has 1 aliphatic carbocycles. The summed E-state index contributed by atoms with van der Waals surface area (Å²) in [5.41, 5.74) is 2.71. The summed E-state index contributed by atoms with van der Waals surface area (Å²) in [6.45, 7) is 1.93. The van der Waals surface area contributed by atoms with E-state index in [1.807, 2.05) is 37.3 Å². The van der Waals surface area contributed by atoms with Crippen LogP contribution in [0.2, 0.25) is 5.02 Å². The summed E-state index contributed by atoms with van der Waals surface area (Å²) in [4.78, 5) is 0. The monoisotopic (exact) mass is 289 g/mol. The molecule has 1 nitrogen and oxygen atoms in total. The fraction of sp³-hybridized carbons (Fsp3) is 0.294. The van der Waals surface area contributed by atoms with Crippen LogP contribution in [0.15, 0.2) is 42.5 Å². The van der Waals surface area contributed by atoms with Crippen molar-refractivity contribution in [3.8, 4) is 0 Å². The highest BCUT2D eigenvalue weighted by atomic mass is 35.5. The second kappa shape index (κ2) is 5.45. The fourth-order valence-electron chi connectivity index (χ4n) is 2.54. The molecule has 0 heterocycles. The van der Waals surface area contributed by atoms with E-state index in [4.69, 9.17) is 11.6 Å². The predicted octanol–water partition coefficient (Wildman–Crippen LogP) is 5.35. The molecule has 0 spiro atoms. The smallest absolute Gasteiger partial charge is 0.146 e. The average Bonchev–Trinajstić information content (AvgIpc) is 3.24. The van der Waals surface area contributed by atoms with Crippen molar-refractivity contribution in [2.75, 3.05) is 5.32 Å². The first-order chi connectivity index (χ1) is 9.65. The van der Waals surface area contributed by atoms with Gasteiger partial charge in [0.15, 0.2) is 0 Å². The van der Waals surface area contributed by atoms with E-state index in [9.17, 15) is 4.39 Å². The van der Waals surface area contributed by atoms with E-state index in [1.165, 1.54) is 24.5 Å². The molecule has 2 aromatic rings. The highest BCUT2D eigenvalue weighted by Gasteiger charge is 2.33. The van der Waals surface area contributed by atoms with Crippen LogP contribution in [0.5, 0.6) is 0 Å². The Kier molecular flexibility index (Phi) is 3.66. The predicted molar refractivity (Wildman–Crippen MR) is 81.7 cm³/mol. The van der Waals surface area contributed by atoms with E-state index in [2.05, 4.69) is 5.32 Å². The first kappa shape index (κ1) is 13.4. The zero-order valence-electron chi connectivity index (χ0n) is 11.4. The molecule has 20 heavy (non-hydrogen) atoms. The molecule has 1 unspecified atom stereocenters. The molecule has 0 aromatic heterocycles. The molecule has 1 fully saturated rings. The molecule has 0 radical (unpaired) electrons. The quantitative estimate of drug-likeness (QED) is 0.800. The van der Waals surface area contributed by atoms with Gasteiger partial charge in [-0.3, -0.25) is 0 Å². The van der Waals surface area contributed by atoms with Gasteiger partial charge in [0.1, 0.15) is 5.82 Å². The maximum Gasteiger partial charge on any atom is 0.146 e. The van der Waals surface area contributed by atoms with Crippen LogP contribution in [0, 0.1) is 18.7 Å². The fourth-order valence-corrected chi connectivity index (χ4v) is 2.67. The lowest BCUT2D eigenvalue weighted by atomic mass is 10.0. The number of hydrogen-bond donors (Lipinski definition) is 1. The molecule has 1 saturated carbocycles. The third-order valence-electron chi connectivity index (χ3n) is 3.84. The summed E-state index contributed by atoms with van der Waals surface area (Å²) >= 11 is 5.94. The standard InChI is InChI=1S/C17H17ClFN/c1-11-3-2-4-15(19)16(11)20-17(12-5-6-12)13-7-9-14(18)10-8-13/h2-4,7-10,12,17,20H,5-6H2,1H3. The molecule has 0 amide bonds. The number of benzene rings is 2. The Morgan fingerprint density at radius 3 is 2.45 bits per heavy atom. The molecule has 1 N–H and O–H groups in total. The van der Waals surface area contributed by atoms with Crippen LogP contribution in [-0.2, 0) is 0 Å². The van der Waals surface area contributed by atoms with Gasteiger partial charge in [-0.2, -0.15) is 0 Å². The number of nitrogens with one attached hydrogen (secondary N) is 1. The number of hydrogen-bond acceptors (Lipinski definition) is 1. The Morgan fingerprint density at radius 1 is 1.15 bits per heavy atom. The first-order valence-electron chi connectivity index (χ1n) is 6.92. The Balaban J connectivity index is 1.90. The van der Waals surface area contributed by atoms with Crippen LogP contribution >= 0.6 is 11.6 Å². The van der Waals surface area contributed by atoms with Gasteiger partial charge in [0.2, 0.25) is 0 Å². The Hall–Kier alpha value is -1.54. The summed E-state index contributed by atoms with van der Waals surface area (Å²) in [5.74, 6) is 0.389. The van der Waals surface area contributed by atoms with Gasteiger partial charge in [-0.05, 0) is 55.0 Å².